The largest absolute Gasteiger partial charge is 0.452 e. The van der Waals surface area contributed by atoms with Crippen molar-refractivity contribution < 1.29 is 14.3 Å². The molecule has 0 aliphatic carbocycles. The Hall–Kier alpha value is -2.05. The van der Waals surface area contributed by atoms with Crippen molar-refractivity contribution in [2.75, 3.05) is 19.6 Å². The Labute approximate surface area is 209 Å². The van der Waals surface area contributed by atoms with Crippen molar-refractivity contribution in [1.82, 2.24) is 10.2 Å². The number of benzene rings is 2. The van der Waals surface area contributed by atoms with Gasteiger partial charge in [-0.15, -0.1) is 0 Å². The van der Waals surface area contributed by atoms with Crippen LogP contribution in [0.1, 0.15) is 59.9 Å². The molecular weight excluding hydrogens is 444 g/mol. The van der Waals surface area contributed by atoms with Crippen LogP contribution < -0.4 is 5.32 Å². The number of nitrogens with one attached hydrogen (secondary N) is 1. The zero-order valence-electron chi connectivity index (χ0n) is 21.5. The summed E-state index contributed by atoms with van der Waals surface area (Å²) < 4.78 is 5.46. The highest BCUT2D eigenvalue weighted by atomic mass is 32.2. The van der Waals surface area contributed by atoms with Crippen LogP contribution in [0.5, 0.6) is 0 Å². The van der Waals surface area contributed by atoms with Crippen LogP contribution in [0.2, 0.25) is 0 Å². The maximum atomic E-state index is 13.3. The van der Waals surface area contributed by atoms with E-state index in [4.69, 9.17) is 4.74 Å². The maximum absolute atomic E-state index is 13.3. The fraction of sp³-hybridized carbons (Fsp3) is 0.571. The number of hydrogen-bond donors (Lipinski definition) is 1. The van der Waals surface area contributed by atoms with E-state index in [1.54, 1.807) is 0 Å². The van der Waals surface area contributed by atoms with Gasteiger partial charge in [0.2, 0.25) is 5.91 Å². The van der Waals surface area contributed by atoms with Crippen LogP contribution in [0.3, 0.4) is 0 Å². The number of carbonyl (C=O) groups excluding carboxylic acids is 2. The molecule has 1 fully saturated rings. The molecule has 0 spiro atoms. The third-order valence-corrected chi connectivity index (χ3v) is 6.81. The van der Waals surface area contributed by atoms with Gasteiger partial charge in [0.05, 0.1) is 0 Å². The van der Waals surface area contributed by atoms with Crippen molar-refractivity contribution in [2.45, 2.75) is 77.7 Å². The fourth-order valence-electron chi connectivity index (χ4n) is 4.34. The van der Waals surface area contributed by atoms with Crippen LogP contribution in [-0.2, 0) is 16.0 Å². The molecule has 2 atom stereocenters. The van der Waals surface area contributed by atoms with Crippen LogP contribution in [-0.4, -0.2) is 52.6 Å². The molecule has 0 aromatic heterocycles. The van der Waals surface area contributed by atoms with Crippen molar-refractivity contribution in [1.29, 1.82) is 0 Å². The number of carbonyl (C=O) groups is 2. The summed E-state index contributed by atoms with van der Waals surface area (Å²) >= 11 is 1.27. The van der Waals surface area contributed by atoms with Gasteiger partial charge in [0.1, 0.15) is 5.60 Å². The molecule has 5 nitrogen and oxygen atoms in total. The molecular formula is C28H40N2O3S. The van der Waals surface area contributed by atoms with E-state index in [0.29, 0.717) is 19.5 Å². The highest BCUT2D eigenvalue weighted by Gasteiger charge is 2.31. The quantitative estimate of drug-likeness (QED) is 0.485. The predicted octanol–water partition coefficient (Wildman–Crippen LogP) is 6.05. The minimum atomic E-state index is -0.479. The molecule has 186 valence electrons. The molecule has 1 N–H and O–H groups in total. The van der Waals surface area contributed by atoms with E-state index in [1.807, 2.05) is 25.7 Å². The Morgan fingerprint density at radius 3 is 2.47 bits per heavy atom. The van der Waals surface area contributed by atoms with Gasteiger partial charge in [0.25, 0.3) is 0 Å². The number of hydrogen-bond acceptors (Lipinski definition) is 5. The Kier molecular flexibility index (Phi) is 8.69. The number of rotatable bonds is 7. The molecule has 2 unspecified atom stereocenters. The highest BCUT2D eigenvalue weighted by molar-refractivity contribution is 8.13. The Morgan fingerprint density at radius 2 is 1.76 bits per heavy atom. The summed E-state index contributed by atoms with van der Waals surface area (Å²) in [5, 5.41) is 5.95. The molecule has 6 heteroatoms. The van der Waals surface area contributed by atoms with Crippen LogP contribution in [0.15, 0.2) is 42.5 Å². The lowest BCUT2D eigenvalue weighted by Gasteiger charge is -2.29. The highest BCUT2D eigenvalue weighted by Crippen LogP contribution is 2.27. The molecule has 1 aliphatic rings. The summed E-state index contributed by atoms with van der Waals surface area (Å²) in [6, 6.07) is 15.0. The van der Waals surface area contributed by atoms with Gasteiger partial charge < -0.3 is 15.0 Å². The Morgan fingerprint density at radius 1 is 1.06 bits per heavy atom. The third-order valence-electron chi connectivity index (χ3n) is 5.84. The molecule has 1 aliphatic heterocycles. The molecule has 2 aromatic rings. The number of ether oxygens (including phenoxy) is 1. The van der Waals surface area contributed by atoms with Crippen LogP contribution in [0, 0.1) is 5.41 Å². The van der Waals surface area contributed by atoms with E-state index < -0.39 is 5.60 Å². The average Bonchev–Trinajstić information content (AvgIpc) is 3.15. The van der Waals surface area contributed by atoms with Gasteiger partial charge >= 0.3 is 5.30 Å². The van der Waals surface area contributed by atoms with Crippen molar-refractivity contribution in [2.24, 2.45) is 5.41 Å². The van der Waals surface area contributed by atoms with E-state index in [0.717, 1.165) is 19.4 Å². The lowest BCUT2D eigenvalue weighted by molar-refractivity contribution is -0.133. The fourth-order valence-corrected chi connectivity index (χ4v) is 5.41. The maximum Gasteiger partial charge on any atom is 0.368 e. The number of amides is 1. The smallest absolute Gasteiger partial charge is 0.368 e. The SMILES string of the molecule is CC(C)(C)CC(=O)N(CCc1cccc2ccccc12)CC1CC(SC(=O)OC(C)(C)C)CN1. The summed E-state index contributed by atoms with van der Waals surface area (Å²) in [5.41, 5.74) is 0.727. The lowest BCUT2D eigenvalue weighted by Crippen LogP contribution is -2.43. The first-order valence-electron chi connectivity index (χ1n) is 12.3. The second kappa shape index (κ2) is 11.1. The first-order valence-corrected chi connectivity index (χ1v) is 13.1. The number of nitrogens with zero attached hydrogens (tertiary/aromatic N) is 1. The second-order valence-electron chi connectivity index (χ2n) is 11.5. The molecule has 0 bridgehead atoms. The average molecular weight is 485 g/mol. The summed E-state index contributed by atoms with van der Waals surface area (Å²) in [6.45, 7) is 14.1. The molecule has 1 saturated heterocycles. The number of thioether (sulfide) groups is 1. The van der Waals surface area contributed by atoms with E-state index in [2.05, 4.69) is 68.6 Å². The summed E-state index contributed by atoms with van der Waals surface area (Å²) in [5.74, 6) is 0.192. The first-order chi connectivity index (χ1) is 15.9. The topological polar surface area (TPSA) is 58.6 Å². The molecule has 1 amide bonds. The standard InChI is InChI=1S/C28H40N2O3S/c1-27(2,3)17-25(31)30(15-14-21-12-9-11-20-10-7-8-13-24(20)21)19-22-16-23(18-29-22)34-26(32)33-28(4,5)6/h7-13,22-23,29H,14-19H2,1-6H3. The minimum Gasteiger partial charge on any atom is -0.452 e. The molecule has 1 heterocycles. The van der Waals surface area contributed by atoms with Crippen molar-refractivity contribution >= 4 is 33.7 Å². The van der Waals surface area contributed by atoms with Crippen molar-refractivity contribution in [3.05, 3.63) is 48.0 Å². The van der Waals surface area contributed by atoms with Crippen LogP contribution >= 0.6 is 11.8 Å². The Bertz CT molecular complexity index is 988. The zero-order valence-corrected chi connectivity index (χ0v) is 22.3. The molecule has 3 rings (SSSR count). The van der Waals surface area contributed by atoms with Crippen molar-refractivity contribution in [3.8, 4) is 0 Å². The first kappa shape index (κ1) is 26.6. The molecule has 2 aromatic carbocycles. The van der Waals surface area contributed by atoms with Gasteiger partial charge in [-0.3, -0.25) is 4.79 Å². The zero-order chi connectivity index (χ0) is 24.9. The summed E-state index contributed by atoms with van der Waals surface area (Å²) in [6.07, 6.45) is 2.18. The van der Waals surface area contributed by atoms with Crippen LogP contribution in [0.4, 0.5) is 4.79 Å². The normalized spacial score (nSPS) is 18.8. The van der Waals surface area contributed by atoms with E-state index in [-0.39, 0.29) is 27.9 Å². The summed E-state index contributed by atoms with van der Waals surface area (Å²) in [7, 11) is 0. The second-order valence-corrected chi connectivity index (χ2v) is 12.7. The molecule has 0 saturated carbocycles. The van der Waals surface area contributed by atoms with Gasteiger partial charge in [-0.2, -0.15) is 0 Å². The van der Waals surface area contributed by atoms with Gasteiger partial charge in [-0.05, 0) is 67.1 Å². The van der Waals surface area contributed by atoms with Crippen LogP contribution in [0.25, 0.3) is 10.8 Å². The Balaban J connectivity index is 1.64. The van der Waals surface area contributed by atoms with Crippen molar-refractivity contribution in [3.63, 3.8) is 0 Å². The molecule has 0 radical (unpaired) electrons. The van der Waals surface area contributed by atoms with E-state index >= 15 is 0 Å². The van der Waals surface area contributed by atoms with Gasteiger partial charge in [0.15, 0.2) is 0 Å². The van der Waals surface area contributed by atoms with E-state index in [9.17, 15) is 9.59 Å². The van der Waals surface area contributed by atoms with Gasteiger partial charge in [0, 0.05) is 37.3 Å². The monoisotopic (exact) mass is 484 g/mol. The van der Waals surface area contributed by atoms with Gasteiger partial charge in [-0.25, -0.2) is 4.79 Å². The molecule has 34 heavy (non-hydrogen) atoms. The van der Waals surface area contributed by atoms with E-state index in [1.165, 1.54) is 28.1 Å². The lowest BCUT2D eigenvalue weighted by atomic mass is 9.91. The predicted molar refractivity (Wildman–Crippen MR) is 142 cm³/mol. The summed E-state index contributed by atoms with van der Waals surface area (Å²) in [4.78, 5) is 27.5. The third kappa shape index (κ3) is 8.31. The minimum absolute atomic E-state index is 0.0625. The number of fused-ring (bicyclic) bond motifs is 1. The van der Waals surface area contributed by atoms with Gasteiger partial charge in [-0.1, -0.05) is 63.2 Å².